The average Bonchev–Trinajstić information content (AvgIpc) is 3.07. The maximum Gasteiger partial charge on any atom is 0.178 e. The largest absolute Gasteiger partial charge is 0.494 e. The average molecular weight is 305 g/mol. The van der Waals surface area contributed by atoms with E-state index in [1.165, 1.54) is 0 Å². The van der Waals surface area contributed by atoms with Crippen molar-refractivity contribution in [2.45, 2.75) is 19.4 Å². The van der Waals surface area contributed by atoms with E-state index in [1.54, 1.807) is 18.4 Å². The number of methoxy groups -OCH3 is 1. The van der Waals surface area contributed by atoms with Gasteiger partial charge in [0.1, 0.15) is 11.3 Å². The van der Waals surface area contributed by atoms with Crippen LogP contribution in [0.25, 0.3) is 11.0 Å². The highest BCUT2D eigenvalue weighted by molar-refractivity contribution is 7.71. The van der Waals surface area contributed by atoms with Crippen LogP contribution in [0.4, 0.5) is 0 Å². The van der Waals surface area contributed by atoms with Crippen molar-refractivity contribution < 1.29 is 4.74 Å². The highest BCUT2D eigenvalue weighted by atomic mass is 32.1. The molecule has 0 aliphatic heterocycles. The second-order valence-corrected chi connectivity index (χ2v) is 5.98. The number of hydrogen-bond acceptors (Lipinski definition) is 4. The molecule has 104 valence electrons. The monoisotopic (exact) mass is 305 g/mol. The molecule has 1 unspecified atom stereocenters. The summed E-state index contributed by atoms with van der Waals surface area (Å²) in [5, 5.41) is 3.13. The number of aromatic nitrogens is 3. The van der Waals surface area contributed by atoms with Crippen molar-refractivity contribution in [1.82, 2.24) is 14.5 Å². The maximum atomic E-state index is 5.44. The molecule has 0 spiro atoms. The van der Waals surface area contributed by atoms with E-state index < -0.39 is 0 Å². The zero-order valence-electron chi connectivity index (χ0n) is 11.3. The summed E-state index contributed by atoms with van der Waals surface area (Å²) >= 11 is 7.12. The summed E-state index contributed by atoms with van der Waals surface area (Å²) in [5.74, 6) is 1.14. The first kappa shape index (κ1) is 13.3. The van der Waals surface area contributed by atoms with E-state index in [2.05, 4.69) is 27.5 Å². The Balaban J connectivity index is 2.04. The fourth-order valence-electron chi connectivity index (χ4n) is 2.34. The predicted molar refractivity (Wildman–Crippen MR) is 84.2 cm³/mol. The van der Waals surface area contributed by atoms with Gasteiger partial charge in [0, 0.05) is 24.0 Å². The van der Waals surface area contributed by atoms with Gasteiger partial charge in [0.2, 0.25) is 0 Å². The second-order valence-electron chi connectivity index (χ2n) is 4.67. The lowest BCUT2D eigenvalue weighted by atomic mass is 10.2. The van der Waals surface area contributed by atoms with Crippen LogP contribution in [0.2, 0.25) is 0 Å². The zero-order chi connectivity index (χ0) is 14.1. The molecule has 3 aromatic rings. The summed E-state index contributed by atoms with van der Waals surface area (Å²) in [6.45, 7) is 2.97. The number of thiazole rings is 1. The Hall–Kier alpha value is -1.66. The highest BCUT2D eigenvalue weighted by Crippen LogP contribution is 2.27. The van der Waals surface area contributed by atoms with Gasteiger partial charge in [-0.15, -0.1) is 11.3 Å². The number of nitrogens with one attached hydrogen (secondary N) is 1. The van der Waals surface area contributed by atoms with Crippen LogP contribution >= 0.6 is 23.6 Å². The molecule has 0 amide bonds. The van der Waals surface area contributed by atoms with E-state index >= 15 is 0 Å². The molecule has 0 fully saturated rings. The van der Waals surface area contributed by atoms with E-state index in [4.69, 9.17) is 17.0 Å². The van der Waals surface area contributed by atoms with Crippen molar-refractivity contribution in [3.05, 3.63) is 39.6 Å². The van der Waals surface area contributed by atoms with Gasteiger partial charge in [0.25, 0.3) is 0 Å². The number of para-hydroxylation sites is 1. The molecular weight excluding hydrogens is 290 g/mol. The summed E-state index contributed by atoms with van der Waals surface area (Å²) in [6, 6.07) is 5.97. The Kier molecular flexibility index (Phi) is 3.58. The SMILES string of the molecule is COc1cccc2c1[nH]c(=S)n2CC(C)c1nccs1. The van der Waals surface area contributed by atoms with Crippen molar-refractivity contribution in [3.63, 3.8) is 0 Å². The van der Waals surface area contributed by atoms with Crippen LogP contribution in [0.5, 0.6) is 5.75 Å². The summed E-state index contributed by atoms with van der Waals surface area (Å²) in [4.78, 5) is 7.61. The summed E-state index contributed by atoms with van der Waals surface area (Å²) in [5.41, 5.74) is 2.02. The Morgan fingerprint density at radius 3 is 3.05 bits per heavy atom. The molecular formula is C14H15N3OS2. The first-order valence-corrected chi connectivity index (χ1v) is 7.64. The third kappa shape index (κ3) is 2.25. The normalized spacial score (nSPS) is 12.7. The van der Waals surface area contributed by atoms with Gasteiger partial charge in [0.05, 0.1) is 17.6 Å². The maximum absolute atomic E-state index is 5.44. The molecule has 0 bridgehead atoms. The van der Waals surface area contributed by atoms with Gasteiger partial charge < -0.3 is 14.3 Å². The molecule has 2 heterocycles. The standard InChI is InChI=1S/C14H15N3OS2/c1-9(13-15-6-7-20-13)8-17-10-4-3-5-11(18-2)12(10)16-14(17)19/h3-7,9H,8H2,1-2H3,(H,16,19). The number of H-pyrrole nitrogens is 1. The van der Waals surface area contributed by atoms with Crippen molar-refractivity contribution in [1.29, 1.82) is 0 Å². The van der Waals surface area contributed by atoms with Gasteiger partial charge in [-0.2, -0.15) is 0 Å². The third-order valence-corrected chi connectivity index (χ3v) is 4.65. The fourth-order valence-corrected chi connectivity index (χ4v) is 3.30. The summed E-state index contributed by atoms with van der Waals surface area (Å²) in [6.07, 6.45) is 1.84. The number of fused-ring (bicyclic) bond motifs is 1. The van der Waals surface area contributed by atoms with Crippen molar-refractivity contribution in [3.8, 4) is 5.75 Å². The van der Waals surface area contributed by atoms with Crippen LogP contribution in [-0.4, -0.2) is 21.6 Å². The minimum absolute atomic E-state index is 0.326. The van der Waals surface area contributed by atoms with Crippen LogP contribution in [0.3, 0.4) is 0 Å². The Morgan fingerprint density at radius 1 is 1.50 bits per heavy atom. The van der Waals surface area contributed by atoms with Gasteiger partial charge >= 0.3 is 0 Å². The minimum Gasteiger partial charge on any atom is -0.494 e. The van der Waals surface area contributed by atoms with Gasteiger partial charge in [-0.3, -0.25) is 0 Å². The number of hydrogen-bond donors (Lipinski definition) is 1. The molecule has 1 N–H and O–H groups in total. The van der Waals surface area contributed by atoms with Crippen LogP contribution in [0.15, 0.2) is 29.8 Å². The molecule has 1 aromatic carbocycles. The van der Waals surface area contributed by atoms with Gasteiger partial charge in [-0.1, -0.05) is 13.0 Å². The zero-order valence-corrected chi connectivity index (χ0v) is 12.9. The molecule has 20 heavy (non-hydrogen) atoms. The van der Waals surface area contributed by atoms with Crippen molar-refractivity contribution in [2.24, 2.45) is 0 Å². The van der Waals surface area contributed by atoms with E-state index in [1.807, 2.05) is 23.7 Å². The lowest BCUT2D eigenvalue weighted by Crippen LogP contribution is -2.06. The van der Waals surface area contributed by atoms with E-state index in [0.29, 0.717) is 10.7 Å². The second kappa shape index (κ2) is 5.38. The molecule has 0 aliphatic carbocycles. The van der Waals surface area contributed by atoms with Gasteiger partial charge in [-0.05, 0) is 24.4 Å². The molecule has 4 nitrogen and oxygen atoms in total. The lowest BCUT2D eigenvalue weighted by molar-refractivity contribution is 0.419. The molecule has 3 rings (SSSR count). The van der Waals surface area contributed by atoms with Crippen LogP contribution in [0, 0.1) is 4.77 Å². The number of aromatic amines is 1. The number of imidazole rings is 1. The summed E-state index contributed by atoms with van der Waals surface area (Å²) < 4.78 is 8.20. The van der Waals surface area contributed by atoms with Crippen molar-refractivity contribution in [2.75, 3.05) is 7.11 Å². The number of benzene rings is 1. The van der Waals surface area contributed by atoms with Crippen LogP contribution in [-0.2, 0) is 6.54 Å². The topological polar surface area (TPSA) is 42.8 Å². The minimum atomic E-state index is 0.326. The van der Waals surface area contributed by atoms with Crippen LogP contribution < -0.4 is 4.74 Å². The van der Waals surface area contributed by atoms with Crippen LogP contribution in [0.1, 0.15) is 17.8 Å². The van der Waals surface area contributed by atoms with E-state index in [-0.39, 0.29) is 0 Å². The predicted octanol–water partition coefficient (Wildman–Crippen LogP) is 3.97. The van der Waals surface area contributed by atoms with Crippen molar-refractivity contribution >= 4 is 34.6 Å². The molecule has 0 saturated heterocycles. The number of rotatable bonds is 4. The Morgan fingerprint density at radius 2 is 2.35 bits per heavy atom. The quantitative estimate of drug-likeness (QED) is 0.742. The van der Waals surface area contributed by atoms with E-state index in [9.17, 15) is 0 Å². The smallest absolute Gasteiger partial charge is 0.178 e. The van der Waals surface area contributed by atoms with Gasteiger partial charge in [0.15, 0.2) is 4.77 Å². The molecule has 6 heteroatoms. The first-order valence-electron chi connectivity index (χ1n) is 6.35. The Labute approximate surface area is 126 Å². The molecule has 0 radical (unpaired) electrons. The fraction of sp³-hybridized carbons (Fsp3) is 0.286. The van der Waals surface area contributed by atoms with E-state index in [0.717, 1.165) is 28.3 Å². The third-order valence-electron chi connectivity index (χ3n) is 3.32. The molecule has 1 atom stereocenters. The Bertz CT molecular complexity index is 773. The highest BCUT2D eigenvalue weighted by Gasteiger charge is 2.14. The number of nitrogens with zero attached hydrogens (tertiary/aromatic N) is 2. The number of ether oxygens (including phenoxy) is 1. The first-order chi connectivity index (χ1) is 9.70. The van der Waals surface area contributed by atoms with Gasteiger partial charge in [-0.25, -0.2) is 4.98 Å². The molecule has 0 aliphatic rings. The lowest BCUT2D eigenvalue weighted by Gasteiger charge is -2.10. The molecule has 0 saturated carbocycles. The molecule has 2 aromatic heterocycles. The summed E-state index contributed by atoms with van der Waals surface area (Å²) in [7, 11) is 1.67.